The molecule has 0 saturated carbocycles. The Bertz CT molecular complexity index is 510. The summed E-state index contributed by atoms with van der Waals surface area (Å²) < 4.78 is 18.6. The molecule has 2 aromatic rings. The number of alkyl halides is 1. The SMILES string of the molecule is CC(Cl)c1nnc(Nc2c(F)cccc2Cl)o1. The molecule has 0 aliphatic carbocycles. The van der Waals surface area contributed by atoms with Crippen LogP contribution in [-0.4, -0.2) is 10.2 Å². The summed E-state index contributed by atoms with van der Waals surface area (Å²) in [4.78, 5) is 0. The summed E-state index contributed by atoms with van der Waals surface area (Å²) in [6, 6.07) is 4.37. The molecule has 0 amide bonds. The molecule has 0 spiro atoms. The number of hydrogen-bond acceptors (Lipinski definition) is 4. The Labute approximate surface area is 107 Å². The molecule has 2 rings (SSSR count). The summed E-state index contributed by atoms with van der Waals surface area (Å²) in [5, 5.41) is 9.80. The summed E-state index contributed by atoms with van der Waals surface area (Å²) in [7, 11) is 0. The fraction of sp³-hybridized carbons (Fsp3) is 0.200. The first-order valence-corrected chi connectivity index (χ1v) is 5.58. The van der Waals surface area contributed by atoms with Gasteiger partial charge in [0, 0.05) is 0 Å². The van der Waals surface area contributed by atoms with Crippen LogP contribution in [0.15, 0.2) is 22.6 Å². The van der Waals surface area contributed by atoms with E-state index in [-0.39, 0.29) is 22.6 Å². The van der Waals surface area contributed by atoms with Gasteiger partial charge in [0.15, 0.2) is 0 Å². The molecule has 0 aliphatic rings. The highest BCUT2D eigenvalue weighted by molar-refractivity contribution is 6.33. The minimum absolute atomic E-state index is 0.0412. The third-order valence-electron chi connectivity index (χ3n) is 1.98. The van der Waals surface area contributed by atoms with E-state index in [2.05, 4.69) is 15.5 Å². The molecule has 1 aromatic carbocycles. The van der Waals surface area contributed by atoms with Crippen molar-refractivity contribution >= 4 is 34.9 Å². The number of rotatable bonds is 3. The molecule has 0 bridgehead atoms. The van der Waals surface area contributed by atoms with Crippen LogP contribution in [0.2, 0.25) is 5.02 Å². The van der Waals surface area contributed by atoms with Crippen LogP contribution in [0.1, 0.15) is 18.2 Å². The van der Waals surface area contributed by atoms with E-state index in [0.29, 0.717) is 0 Å². The zero-order valence-electron chi connectivity index (χ0n) is 8.75. The van der Waals surface area contributed by atoms with Crippen LogP contribution in [0, 0.1) is 5.82 Å². The van der Waals surface area contributed by atoms with Gasteiger partial charge in [-0.2, -0.15) is 0 Å². The molecule has 0 aliphatic heterocycles. The Balaban J connectivity index is 2.25. The maximum Gasteiger partial charge on any atom is 0.320 e. The average molecular weight is 276 g/mol. The quantitative estimate of drug-likeness (QED) is 0.863. The van der Waals surface area contributed by atoms with E-state index in [1.54, 1.807) is 13.0 Å². The molecule has 17 heavy (non-hydrogen) atoms. The van der Waals surface area contributed by atoms with E-state index in [4.69, 9.17) is 27.6 Å². The number of benzene rings is 1. The third kappa shape index (κ3) is 2.68. The van der Waals surface area contributed by atoms with Gasteiger partial charge in [-0.15, -0.1) is 16.7 Å². The van der Waals surface area contributed by atoms with Crippen LogP contribution >= 0.6 is 23.2 Å². The minimum Gasteiger partial charge on any atom is -0.406 e. The fourth-order valence-corrected chi connectivity index (χ4v) is 1.47. The molecule has 1 heterocycles. The van der Waals surface area contributed by atoms with Crippen molar-refractivity contribution in [3.05, 3.63) is 34.9 Å². The molecular formula is C10H8Cl2FN3O. The van der Waals surface area contributed by atoms with Gasteiger partial charge in [-0.25, -0.2) is 4.39 Å². The third-order valence-corrected chi connectivity index (χ3v) is 2.48. The van der Waals surface area contributed by atoms with Gasteiger partial charge >= 0.3 is 6.01 Å². The highest BCUT2D eigenvalue weighted by Crippen LogP contribution is 2.28. The predicted molar refractivity (Wildman–Crippen MR) is 63.3 cm³/mol. The van der Waals surface area contributed by atoms with Crippen molar-refractivity contribution in [1.29, 1.82) is 0 Å². The summed E-state index contributed by atoms with van der Waals surface area (Å²) in [5.74, 6) is -0.252. The lowest BCUT2D eigenvalue weighted by atomic mass is 10.3. The normalized spacial score (nSPS) is 12.5. The molecule has 90 valence electrons. The van der Waals surface area contributed by atoms with Crippen LogP contribution in [0.3, 0.4) is 0 Å². The fourth-order valence-electron chi connectivity index (χ4n) is 1.17. The largest absolute Gasteiger partial charge is 0.406 e. The number of para-hydroxylation sites is 1. The lowest BCUT2D eigenvalue weighted by Crippen LogP contribution is -1.94. The second-order valence-electron chi connectivity index (χ2n) is 3.28. The summed E-state index contributed by atoms with van der Waals surface area (Å²) in [6.07, 6.45) is 0. The molecule has 1 atom stereocenters. The van der Waals surface area contributed by atoms with Crippen LogP contribution < -0.4 is 5.32 Å². The van der Waals surface area contributed by atoms with Crippen molar-refractivity contribution in [3.8, 4) is 0 Å². The van der Waals surface area contributed by atoms with Crippen molar-refractivity contribution in [2.75, 3.05) is 5.32 Å². The van der Waals surface area contributed by atoms with E-state index in [9.17, 15) is 4.39 Å². The lowest BCUT2D eigenvalue weighted by molar-refractivity contribution is 0.509. The first-order chi connectivity index (χ1) is 8.08. The molecule has 4 nitrogen and oxygen atoms in total. The number of nitrogens with zero attached hydrogens (tertiary/aromatic N) is 2. The van der Waals surface area contributed by atoms with E-state index in [1.807, 2.05) is 0 Å². The van der Waals surface area contributed by atoms with Gasteiger partial charge in [0.05, 0.1) is 10.7 Å². The maximum atomic E-state index is 13.4. The van der Waals surface area contributed by atoms with E-state index < -0.39 is 11.2 Å². The average Bonchev–Trinajstić information content (AvgIpc) is 2.72. The summed E-state index contributed by atoms with van der Waals surface area (Å²) in [5.41, 5.74) is 0.0894. The second-order valence-corrected chi connectivity index (χ2v) is 4.34. The Morgan fingerprint density at radius 1 is 1.41 bits per heavy atom. The monoisotopic (exact) mass is 275 g/mol. The lowest BCUT2D eigenvalue weighted by Gasteiger charge is -2.04. The number of halogens is 3. The van der Waals surface area contributed by atoms with E-state index >= 15 is 0 Å². The van der Waals surface area contributed by atoms with Crippen LogP contribution in [0.4, 0.5) is 16.1 Å². The van der Waals surface area contributed by atoms with Crippen LogP contribution in [0.25, 0.3) is 0 Å². The van der Waals surface area contributed by atoms with Gasteiger partial charge < -0.3 is 9.73 Å². The topological polar surface area (TPSA) is 51.0 Å². The molecular weight excluding hydrogens is 268 g/mol. The van der Waals surface area contributed by atoms with Crippen molar-refractivity contribution < 1.29 is 8.81 Å². The van der Waals surface area contributed by atoms with Crippen molar-refractivity contribution in [1.82, 2.24) is 10.2 Å². The van der Waals surface area contributed by atoms with Crippen LogP contribution in [0.5, 0.6) is 0 Å². The highest BCUT2D eigenvalue weighted by Gasteiger charge is 2.14. The van der Waals surface area contributed by atoms with Gasteiger partial charge in [-0.3, -0.25) is 0 Å². The highest BCUT2D eigenvalue weighted by atomic mass is 35.5. The molecule has 7 heteroatoms. The maximum absolute atomic E-state index is 13.4. The molecule has 0 saturated heterocycles. The second kappa shape index (κ2) is 4.89. The number of anilines is 2. The number of aromatic nitrogens is 2. The van der Waals surface area contributed by atoms with Crippen molar-refractivity contribution in [2.24, 2.45) is 0 Å². The molecule has 1 unspecified atom stereocenters. The molecule has 0 radical (unpaired) electrons. The standard InChI is InChI=1S/C10H8Cl2FN3O/c1-5(11)9-15-16-10(17-9)14-8-6(12)3-2-4-7(8)13/h2-5H,1H3,(H,14,16). The molecule has 1 N–H and O–H groups in total. The first kappa shape index (κ1) is 12.1. The van der Waals surface area contributed by atoms with E-state index in [0.717, 1.165) is 0 Å². The molecule has 0 fully saturated rings. The predicted octanol–water partition coefficient (Wildman–Crippen LogP) is 3.91. The summed E-state index contributed by atoms with van der Waals surface area (Å²) in [6.45, 7) is 1.69. The number of nitrogens with one attached hydrogen (secondary N) is 1. The Morgan fingerprint density at radius 2 is 2.18 bits per heavy atom. The Morgan fingerprint density at radius 3 is 2.76 bits per heavy atom. The Kier molecular flexibility index (Phi) is 3.49. The van der Waals surface area contributed by atoms with Crippen LogP contribution in [-0.2, 0) is 0 Å². The zero-order valence-corrected chi connectivity index (χ0v) is 10.3. The molecule has 1 aromatic heterocycles. The van der Waals surface area contributed by atoms with Crippen molar-refractivity contribution in [2.45, 2.75) is 12.3 Å². The van der Waals surface area contributed by atoms with Gasteiger partial charge in [0.2, 0.25) is 5.89 Å². The van der Waals surface area contributed by atoms with Gasteiger partial charge in [0.1, 0.15) is 11.2 Å². The van der Waals surface area contributed by atoms with Gasteiger partial charge in [0.25, 0.3) is 0 Å². The van der Waals surface area contributed by atoms with Crippen molar-refractivity contribution in [3.63, 3.8) is 0 Å². The van der Waals surface area contributed by atoms with Gasteiger partial charge in [-0.1, -0.05) is 22.8 Å². The summed E-state index contributed by atoms with van der Waals surface area (Å²) >= 11 is 11.6. The zero-order chi connectivity index (χ0) is 12.4. The number of hydrogen-bond donors (Lipinski definition) is 1. The first-order valence-electron chi connectivity index (χ1n) is 4.76. The minimum atomic E-state index is -0.504. The smallest absolute Gasteiger partial charge is 0.320 e. The van der Waals surface area contributed by atoms with Gasteiger partial charge in [-0.05, 0) is 19.1 Å². The van der Waals surface area contributed by atoms with E-state index in [1.165, 1.54) is 12.1 Å². The Hall–Kier alpha value is -1.33.